The van der Waals surface area contributed by atoms with Crippen molar-refractivity contribution in [2.75, 3.05) is 13.1 Å². The molecular weight excluding hydrogens is 337 g/mol. The Labute approximate surface area is 144 Å². The van der Waals surface area contributed by atoms with Gasteiger partial charge in [0.15, 0.2) is 0 Å². The lowest BCUT2D eigenvalue weighted by Crippen LogP contribution is -2.67. The first kappa shape index (κ1) is 19.1. The molecule has 0 saturated carbocycles. The van der Waals surface area contributed by atoms with E-state index in [-0.39, 0.29) is 11.5 Å². The van der Waals surface area contributed by atoms with Crippen molar-refractivity contribution in [2.45, 2.75) is 45.0 Å². The van der Waals surface area contributed by atoms with Gasteiger partial charge in [-0.15, -0.1) is 13.2 Å². The van der Waals surface area contributed by atoms with Crippen molar-refractivity contribution in [3.63, 3.8) is 0 Å². The smallest absolute Gasteiger partial charge is 0.406 e. The Morgan fingerprint density at radius 3 is 2.64 bits per heavy atom. The highest BCUT2D eigenvalue weighted by atomic mass is 19.4. The number of carbonyl (C=O) groups is 2. The number of nitrogens with one attached hydrogen (secondary N) is 1. The van der Waals surface area contributed by atoms with Crippen LogP contribution < -0.4 is 10.1 Å². The van der Waals surface area contributed by atoms with Gasteiger partial charge in [0.2, 0.25) is 5.91 Å². The fourth-order valence-electron chi connectivity index (χ4n) is 2.67. The number of hydrogen-bond donors (Lipinski definition) is 1. The van der Waals surface area contributed by atoms with Gasteiger partial charge in [-0.3, -0.25) is 9.59 Å². The van der Waals surface area contributed by atoms with E-state index in [0.717, 1.165) is 25.0 Å². The number of unbranched alkanes of at least 4 members (excludes halogenated alkanes) is 1. The van der Waals surface area contributed by atoms with E-state index in [9.17, 15) is 22.8 Å². The van der Waals surface area contributed by atoms with E-state index in [1.807, 2.05) is 6.92 Å². The van der Waals surface area contributed by atoms with Crippen LogP contribution in [-0.2, 0) is 4.79 Å². The maximum absolute atomic E-state index is 12.6. The summed E-state index contributed by atoms with van der Waals surface area (Å²) in [7, 11) is 0. The number of carbonyl (C=O) groups excluding carboxylic acids is 2. The van der Waals surface area contributed by atoms with Gasteiger partial charge in [-0.1, -0.05) is 19.4 Å². The molecule has 0 spiro atoms. The van der Waals surface area contributed by atoms with E-state index in [1.165, 1.54) is 17.0 Å². The van der Waals surface area contributed by atoms with Crippen LogP contribution >= 0.6 is 0 Å². The molecule has 2 amide bonds. The lowest BCUT2D eigenvalue weighted by molar-refractivity contribution is -0.274. The summed E-state index contributed by atoms with van der Waals surface area (Å²) in [5, 5.41) is 2.80. The predicted molar refractivity (Wildman–Crippen MR) is 85.1 cm³/mol. The van der Waals surface area contributed by atoms with Gasteiger partial charge in [0, 0.05) is 18.7 Å². The van der Waals surface area contributed by atoms with Crippen LogP contribution in [0.25, 0.3) is 0 Å². The van der Waals surface area contributed by atoms with Crippen molar-refractivity contribution in [3.8, 4) is 5.75 Å². The molecule has 1 fully saturated rings. The van der Waals surface area contributed by atoms with Gasteiger partial charge in [-0.2, -0.15) is 0 Å². The van der Waals surface area contributed by atoms with Crippen molar-refractivity contribution >= 4 is 11.8 Å². The Balaban J connectivity index is 2.10. The predicted octanol–water partition coefficient (Wildman–Crippen LogP) is 3.11. The van der Waals surface area contributed by atoms with Crippen molar-refractivity contribution in [3.05, 3.63) is 29.8 Å². The van der Waals surface area contributed by atoms with Crippen molar-refractivity contribution < 1.29 is 27.5 Å². The lowest BCUT2D eigenvalue weighted by Gasteiger charge is -2.49. The van der Waals surface area contributed by atoms with Crippen LogP contribution in [0.3, 0.4) is 0 Å². The minimum atomic E-state index is -4.83. The minimum Gasteiger partial charge on any atom is -0.406 e. The molecular formula is C17H21F3N2O3. The van der Waals surface area contributed by atoms with Crippen LogP contribution in [0.15, 0.2) is 24.3 Å². The Morgan fingerprint density at radius 2 is 2.08 bits per heavy atom. The van der Waals surface area contributed by atoms with Gasteiger partial charge < -0.3 is 15.0 Å². The normalized spacial score (nSPS) is 20.0. The maximum Gasteiger partial charge on any atom is 0.573 e. The molecule has 1 heterocycles. The van der Waals surface area contributed by atoms with Gasteiger partial charge in [-0.05, 0) is 38.0 Å². The fourth-order valence-corrected chi connectivity index (χ4v) is 2.67. The molecule has 0 radical (unpaired) electrons. The number of benzene rings is 1. The largest absolute Gasteiger partial charge is 0.573 e. The first-order valence-electron chi connectivity index (χ1n) is 8.13. The number of rotatable bonds is 6. The zero-order chi connectivity index (χ0) is 18.7. The molecule has 1 aromatic rings. The highest BCUT2D eigenvalue weighted by Crippen LogP contribution is 2.33. The number of likely N-dealkylation sites (tertiary alicyclic amines) is 1. The lowest BCUT2D eigenvalue weighted by atomic mass is 9.84. The number of hydrogen-bond acceptors (Lipinski definition) is 3. The summed E-state index contributed by atoms with van der Waals surface area (Å²) in [5.41, 5.74) is -0.930. The molecule has 1 N–H and O–H groups in total. The second-order valence-electron chi connectivity index (χ2n) is 6.17. The summed E-state index contributed by atoms with van der Waals surface area (Å²) >= 11 is 0. The molecule has 2 rings (SSSR count). The quantitative estimate of drug-likeness (QED) is 0.795. The van der Waals surface area contributed by atoms with E-state index >= 15 is 0 Å². The molecule has 0 aromatic heterocycles. The molecule has 0 aliphatic carbocycles. The highest BCUT2D eigenvalue weighted by Gasteiger charge is 2.49. The number of amides is 2. The monoisotopic (exact) mass is 358 g/mol. The van der Waals surface area contributed by atoms with E-state index in [4.69, 9.17) is 0 Å². The van der Waals surface area contributed by atoms with Crippen LogP contribution in [-0.4, -0.2) is 41.7 Å². The zero-order valence-corrected chi connectivity index (χ0v) is 14.2. The summed E-state index contributed by atoms with van der Waals surface area (Å²) < 4.78 is 40.8. The Hall–Kier alpha value is -2.25. The standard InChI is InChI=1S/C17H21F3N2O3/c1-3-4-9-21-15(24)16(2)8-10-22(16)14(23)12-6-5-7-13(11-12)25-17(18,19)20/h5-7,11H,3-4,8-10H2,1-2H3,(H,21,24). The van der Waals surface area contributed by atoms with Crippen LogP contribution in [0, 0.1) is 0 Å². The van der Waals surface area contributed by atoms with E-state index in [0.29, 0.717) is 19.5 Å². The highest BCUT2D eigenvalue weighted by molar-refractivity contribution is 6.00. The molecule has 1 atom stereocenters. The molecule has 0 bridgehead atoms. The number of alkyl halides is 3. The summed E-state index contributed by atoms with van der Waals surface area (Å²) in [6.07, 6.45) is -2.54. The summed E-state index contributed by atoms with van der Waals surface area (Å²) in [5.74, 6) is -1.21. The Kier molecular flexibility index (Phi) is 5.59. The molecule has 1 aliphatic rings. The van der Waals surface area contributed by atoms with Crippen molar-refractivity contribution in [1.82, 2.24) is 10.2 Å². The van der Waals surface area contributed by atoms with Crippen molar-refractivity contribution in [2.24, 2.45) is 0 Å². The Bertz CT molecular complexity index is 648. The van der Waals surface area contributed by atoms with Gasteiger partial charge in [-0.25, -0.2) is 0 Å². The van der Waals surface area contributed by atoms with E-state index in [2.05, 4.69) is 10.1 Å². The van der Waals surface area contributed by atoms with Crippen LogP contribution in [0.4, 0.5) is 13.2 Å². The SMILES string of the molecule is CCCCNC(=O)C1(C)CCN1C(=O)c1cccc(OC(F)(F)F)c1. The van der Waals surface area contributed by atoms with Crippen LogP contribution in [0.5, 0.6) is 5.75 Å². The molecule has 1 saturated heterocycles. The third-order valence-corrected chi connectivity index (χ3v) is 4.28. The second kappa shape index (κ2) is 7.33. The first-order valence-corrected chi connectivity index (χ1v) is 8.13. The molecule has 5 nitrogen and oxygen atoms in total. The van der Waals surface area contributed by atoms with Crippen LogP contribution in [0.2, 0.25) is 0 Å². The zero-order valence-electron chi connectivity index (χ0n) is 14.2. The molecule has 8 heteroatoms. The Morgan fingerprint density at radius 1 is 1.36 bits per heavy atom. The first-order chi connectivity index (χ1) is 11.7. The average Bonchev–Trinajstić information content (AvgIpc) is 2.51. The topological polar surface area (TPSA) is 58.6 Å². The number of ether oxygens (including phenoxy) is 1. The fraction of sp³-hybridized carbons (Fsp3) is 0.529. The maximum atomic E-state index is 12.6. The minimum absolute atomic E-state index is 0.0500. The number of nitrogens with zero attached hydrogens (tertiary/aromatic N) is 1. The van der Waals surface area contributed by atoms with Gasteiger partial charge in [0.1, 0.15) is 11.3 Å². The molecule has 138 valence electrons. The van der Waals surface area contributed by atoms with Gasteiger partial charge in [0.05, 0.1) is 0 Å². The molecule has 1 unspecified atom stereocenters. The summed E-state index contributed by atoms with van der Waals surface area (Å²) in [6.45, 7) is 4.57. The molecule has 25 heavy (non-hydrogen) atoms. The van der Waals surface area contributed by atoms with E-state index in [1.54, 1.807) is 6.92 Å². The molecule has 1 aliphatic heterocycles. The van der Waals surface area contributed by atoms with Crippen LogP contribution in [0.1, 0.15) is 43.5 Å². The average molecular weight is 358 g/mol. The van der Waals surface area contributed by atoms with Gasteiger partial charge in [0.25, 0.3) is 5.91 Å². The third kappa shape index (κ3) is 4.43. The second-order valence-corrected chi connectivity index (χ2v) is 6.17. The third-order valence-electron chi connectivity index (χ3n) is 4.28. The van der Waals surface area contributed by atoms with Crippen molar-refractivity contribution in [1.29, 1.82) is 0 Å². The number of halogens is 3. The summed E-state index contributed by atoms with van der Waals surface area (Å²) in [6, 6.07) is 4.87. The van der Waals surface area contributed by atoms with Gasteiger partial charge >= 0.3 is 6.36 Å². The van der Waals surface area contributed by atoms with E-state index < -0.39 is 23.6 Å². The molecule has 1 aromatic carbocycles. The summed E-state index contributed by atoms with van der Waals surface area (Å²) in [4.78, 5) is 26.3.